The Morgan fingerprint density at radius 3 is 2.03 bits per heavy atom. The van der Waals surface area contributed by atoms with Crippen LogP contribution >= 0.6 is 0 Å². The van der Waals surface area contributed by atoms with Gasteiger partial charge in [-0.3, -0.25) is 9.10 Å². The van der Waals surface area contributed by atoms with Crippen LogP contribution in [0.15, 0.2) is 114 Å². The van der Waals surface area contributed by atoms with Crippen LogP contribution in [0.25, 0.3) is 0 Å². The molecule has 1 amide bonds. The highest BCUT2D eigenvalue weighted by atomic mass is 32.2. The molecule has 0 radical (unpaired) electrons. The van der Waals surface area contributed by atoms with Gasteiger partial charge in [0.2, 0.25) is 5.91 Å². The van der Waals surface area contributed by atoms with Crippen molar-refractivity contribution in [2.24, 2.45) is 0 Å². The molecule has 4 aromatic carbocycles. The van der Waals surface area contributed by atoms with E-state index in [4.69, 9.17) is 9.47 Å². The average molecular weight is 489 g/mol. The predicted molar refractivity (Wildman–Crippen MR) is 136 cm³/mol. The molecular weight excluding hydrogens is 464 g/mol. The highest BCUT2D eigenvalue weighted by Crippen LogP contribution is 2.30. The maximum atomic E-state index is 13.5. The summed E-state index contributed by atoms with van der Waals surface area (Å²) in [6.07, 6.45) is 0. The van der Waals surface area contributed by atoms with Crippen LogP contribution in [0.5, 0.6) is 17.2 Å². The molecule has 0 unspecified atom stereocenters. The highest BCUT2D eigenvalue weighted by molar-refractivity contribution is 7.92. The number of nitrogens with zero attached hydrogens (tertiary/aromatic N) is 1. The van der Waals surface area contributed by atoms with Gasteiger partial charge in [0, 0.05) is 0 Å². The normalized spacial score (nSPS) is 10.9. The zero-order valence-corrected chi connectivity index (χ0v) is 19.8. The molecule has 0 saturated carbocycles. The molecule has 0 aliphatic carbocycles. The summed E-state index contributed by atoms with van der Waals surface area (Å²) in [6, 6.07) is 30.6. The van der Waals surface area contributed by atoms with Crippen molar-refractivity contribution < 1.29 is 22.7 Å². The molecule has 1 N–H and O–H groups in total. The van der Waals surface area contributed by atoms with Crippen LogP contribution in [0.3, 0.4) is 0 Å². The topological polar surface area (TPSA) is 84.9 Å². The maximum Gasteiger partial charge on any atom is 0.264 e. The van der Waals surface area contributed by atoms with Crippen LogP contribution < -0.4 is 19.1 Å². The second kappa shape index (κ2) is 10.8. The number of amides is 1. The lowest BCUT2D eigenvalue weighted by Gasteiger charge is -2.24. The quantitative estimate of drug-likeness (QED) is 0.345. The standard InChI is InChI=1S/C27H24N2O5S/c1-33-22-18-16-21(17-19-22)29(35(31,32)24-12-6-3-7-13-24)20-27(30)28-25-14-8-9-15-26(25)34-23-10-4-2-5-11-23/h2-19H,20H2,1H3,(H,28,30). The van der Waals surface area contributed by atoms with Crippen molar-refractivity contribution in [1.29, 1.82) is 0 Å². The van der Waals surface area contributed by atoms with E-state index >= 15 is 0 Å². The number of sulfonamides is 1. The van der Waals surface area contributed by atoms with Gasteiger partial charge in [-0.25, -0.2) is 8.42 Å². The minimum Gasteiger partial charge on any atom is -0.497 e. The zero-order valence-electron chi connectivity index (χ0n) is 19.0. The van der Waals surface area contributed by atoms with Gasteiger partial charge in [-0.15, -0.1) is 0 Å². The molecule has 0 spiro atoms. The summed E-state index contributed by atoms with van der Waals surface area (Å²) in [5.74, 6) is 1.10. The summed E-state index contributed by atoms with van der Waals surface area (Å²) < 4.78 is 39.1. The van der Waals surface area contributed by atoms with E-state index in [0.29, 0.717) is 28.6 Å². The van der Waals surface area contributed by atoms with Gasteiger partial charge >= 0.3 is 0 Å². The Kier molecular flexibility index (Phi) is 7.32. The first-order valence-corrected chi connectivity index (χ1v) is 12.2. The summed E-state index contributed by atoms with van der Waals surface area (Å²) in [5.41, 5.74) is 0.756. The smallest absolute Gasteiger partial charge is 0.264 e. The number of nitrogens with one attached hydrogen (secondary N) is 1. The third kappa shape index (κ3) is 5.80. The number of carbonyl (C=O) groups is 1. The third-order valence-electron chi connectivity index (χ3n) is 5.11. The van der Waals surface area contributed by atoms with E-state index in [2.05, 4.69) is 5.32 Å². The molecule has 4 aromatic rings. The zero-order chi connectivity index (χ0) is 24.7. The Morgan fingerprint density at radius 2 is 1.37 bits per heavy atom. The fraction of sp³-hybridized carbons (Fsp3) is 0.0741. The molecule has 0 fully saturated rings. The molecule has 8 heteroatoms. The first-order valence-electron chi connectivity index (χ1n) is 10.8. The second-order valence-electron chi connectivity index (χ2n) is 7.48. The molecule has 178 valence electrons. The van der Waals surface area contributed by atoms with Gasteiger partial charge in [0.15, 0.2) is 5.75 Å². The van der Waals surface area contributed by atoms with Crippen LogP contribution in [0.2, 0.25) is 0 Å². The number of rotatable bonds is 9. The van der Waals surface area contributed by atoms with Gasteiger partial charge in [0.1, 0.15) is 18.0 Å². The van der Waals surface area contributed by atoms with Crippen molar-refractivity contribution in [2.45, 2.75) is 4.90 Å². The molecule has 0 aromatic heterocycles. The molecule has 0 aliphatic heterocycles. The largest absolute Gasteiger partial charge is 0.497 e. The second-order valence-corrected chi connectivity index (χ2v) is 9.34. The molecule has 0 bridgehead atoms. The van der Waals surface area contributed by atoms with E-state index < -0.39 is 22.5 Å². The Hall–Kier alpha value is -4.30. The summed E-state index contributed by atoms with van der Waals surface area (Å²) in [4.78, 5) is 13.2. The Balaban J connectivity index is 1.61. The van der Waals surface area contributed by atoms with Crippen LogP contribution in [-0.4, -0.2) is 28.0 Å². The number of methoxy groups -OCH3 is 1. The minimum atomic E-state index is -4.02. The van der Waals surface area contributed by atoms with E-state index in [1.807, 2.05) is 18.2 Å². The van der Waals surface area contributed by atoms with Gasteiger partial charge in [0.05, 0.1) is 23.4 Å². The molecule has 4 rings (SSSR count). The van der Waals surface area contributed by atoms with Gasteiger partial charge < -0.3 is 14.8 Å². The molecule has 7 nitrogen and oxygen atoms in total. The minimum absolute atomic E-state index is 0.0800. The van der Waals surface area contributed by atoms with Crippen LogP contribution in [0, 0.1) is 0 Å². The predicted octanol–water partition coefficient (Wildman–Crippen LogP) is 5.32. The summed E-state index contributed by atoms with van der Waals surface area (Å²) >= 11 is 0. The highest BCUT2D eigenvalue weighted by Gasteiger charge is 2.27. The monoisotopic (exact) mass is 488 g/mol. The fourth-order valence-electron chi connectivity index (χ4n) is 3.38. The first-order chi connectivity index (χ1) is 17.0. The van der Waals surface area contributed by atoms with Crippen molar-refractivity contribution >= 4 is 27.3 Å². The van der Waals surface area contributed by atoms with Crippen molar-refractivity contribution in [2.75, 3.05) is 23.3 Å². The van der Waals surface area contributed by atoms with Crippen molar-refractivity contribution in [1.82, 2.24) is 0 Å². The Morgan fingerprint density at radius 1 is 0.771 bits per heavy atom. The summed E-state index contributed by atoms with van der Waals surface area (Å²) in [5, 5.41) is 2.78. The van der Waals surface area contributed by atoms with Crippen LogP contribution in [0.1, 0.15) is 0 Å². The maximum absolute atomic E-state index is 13.5. The van der Waals surface area contributed by atoms with Crippen molar-refractivity contribution in [3.63, 3.8) is 0 Å². The van der Waals surface area contributed by atoms with Crippen molar-refractivity contribution in [3.05, 3.63) is 109 Å². The first kappa shape index (κ1) is 23.8. The van der Waals surface area contributed by atoms with Crippen LogP contribution in [-0.2, 0) is 14.8 Å². The Labute approximate surface area is 204 Å². The van der Waals surface area contributed by atoms with Gasteiger partial charge in [0.25, 0.3) is 10.0 Å². The number of hydrogen-bond donors (Lipinski definition) is 1. The van der Waals surface area contributed by atoms with Gasteiger partial charge in [-0.1, -0.05) is 48.5 Å². The van der Waals surface area contributed by atoms with E-state index in [-0.39, 0.29) is 4.90 Å². The van der Waals surface area contributed by atoms with Gasteiger partial charge in [-0.05, 0) is 60.7 Å². The number of carbonyl (C=O) groups excluding carboxylic acids is 1. The van der Waals surface area contributed by atoms with E-state index in [1.54, 1.807) is 78.9 Å². The van der Waals surface area contributed by atoms with E-state index in [9.17, 15) is 13.2 Å². The number of para-hydroxylation sites is 3. The van der Waals surface area contributed by atoms with E-state index in [1.165, 1.54) is 19.2 Å². The van der Waals surface area contributed by atoms with Crippen LogP contribution in [0.4, 0.5) is 11.4 Å². The fourth-order valence-corrected chi connectivity index (χ4v) is 4.82. The molecule has 35 heavy (non-hydrogen) atoms. The van der Waals surface area contributed by atoms with E-state index in [0.717, 1.165) is 4.31 Å². The number of hydrogen-bond acceptors (Lipinski definition) is 5. The lowest BCUT2D eigenvalue weighted by molar-refractivity contribution is -0.114. The molecule has 0 atom stereocenters. The SMILES string of the molecule is COc1ccc(N(CC(=O)Nc2ccccc2Oc2ccccc2)S(=O)(=O)c2ccccc2)cc1. The van der Waals surface area contributed by atoms with Crippen molar-refractivity contribution in [3.8, 4) is 17.2 Å². The number of anilines is 2. The third-order valence-corrected chi connectivity index (χ3v) is 6.90. The average Bonchev–Trinajstić information content (AvgIpc) is 2.89. The number of ether oxygens (including phenoxy) is 2. The lowest BCUT2D eigenvalue weighted by Crippen LogP contribution is -2.38. The lowest BCUT2D eigenvalue weighted by atomic mass is 10.2. The number of benzene rings is 4. The summed E-state index contributed by atoms with van der Waals surface area (Å²) in [7, 11) is -2.50. The Bertz CT molecular complexity index is 1380. The molecule has 0 aliphatic rings. The van der Waals surface area contributed by atoms with Gasteiger partial charge in [-0.2, -0.15) is 0 Å². The molecule has 0 heterocycles. The molecule has 0 saturated heterocycles. The summed E-state index contributed by atoms with van der Waals surface area (Å²) in [6.45, 7) is -0.441. The molecular formula is C27H24N2O5S.